The average Bonchev–Trinajstić information content (AvgIpc) is 2.56. The largest absolute Gasteiger partial charge is 0.478 e. The van der Waals surface area contributed by atoms with Crippen LogP contribution < -0.4 is 5.56 Å². The normalized spacial score (nSPS) is 11.7. The molecule has 1 heterocycles. The first-order valence-electron chi connectivity index (χ1n) is 6.84. The van der Waals surface area contributed by atoms with E-state index in [1.165, 1.54) is 18.2 Å². The molecule has 0 aliphatic rings. The van der Waals surface area contributed by atoms with Crippen molar-refractivity contribution in [3.05, 3.63) is 74.8 Å². The smallest absolute Gasteiger partial charge is 0.335 e. The van der Waals surface area contributed by atoms with Crippen molar-refractivity contribution < 1.29 is 9.90 Å². The molecule has 0 fully saturated rings. The summed E-state index contributed by atoms with van der Waals surface area (Å²) in [5.41, 5.74) is 0.696. The van der Waals surface area contributed by atoms with E-state index in [2.05, 4.69) is 9.97 Å². The predicted molar refractivity (Wildman–Crippen MR) is 94.5 cm³/mol. The molecule has 2 N–H and O–H groups in total. The van der Waals surface area contributed by atoms with Gasteiger partial charge in [-0.15, -0.1) is 0 Å². The van der Waals surface area contributed by atoms with Gasteiger partial charge in [0.25, 0.3) is 5.56 Å². The second-order valence-corrected chi connectivity index (χ2v) is 5.84. The van der Waals surface area contributed by atoms with Gasteiger partial charge in [-0.1, -0.05) is 35.3 Å². The lowest BCUT2D eigenvalue weighted by atomic mass is 10.1. The van der Waals surface area contributed by atoms with Crippen molar-refractivity contribution in [2.24, 2.45) is 0 Å². The summed E-state index contributed by atoms with van der Waals surface area (Å²) in [5.74, 6) is -0.935. The van der Waals surface area contributed by atoms with Crippen molar-refractivity contribution in [3.63, 3.8) is 0 Å². The molecule has 0 aliphatic carbocycles. The Morgan fingerprint density at radius 1 is 1.17 bits per heavy atom. The number of carboxylic acid groups (broad SMARTS) is 1. The topological polar surface area (TPSA) is 83.0 Å². The van der Waals surface area contributed by atoms with Crippen LogP contribution in [0.25, 0.3) is 22.0 Å². The number of benzene rings is 2. The first-order valence-corrected chi connectivity index (χ1v) is 7.60. The van der Waals surface area contributed by atoms with E-state index in [9.17, 15) is 9.59 Å². The number of aromatic carboxylic acids is 1. The number of H-pyrrole nitrogens is 1. The van der Waals surface area contributed by atoms with Crippen LogP contribution in [-0.4, -0.2) is 21.0 Å². The molecule has 0 radical (unpaired) electrons. The molecule has 24 heavy (non-hydrogen) atoms. The molecule has 2 aromatic carbocycles. The fourth-order valence-electron chi connectivity index (χ4n) is 2.16. The second kappa shape index (κ2) is 6.47. The van der Waals surface area contributed by atoms with Crippen molar-refractivity contribution in [2.45, 2.75) is 0 Å². The standard InChI is InChI=1S/C17H10Cl2N2O3/c18-11-4-1-9(2-5-11)7-13(19)15-20-14-8-10(17(23)24)3-6-12(14)16(22)21-15/h1-8H,(H,23,24)(H,20,21,22)/b13-7-. The number of carbonyl (C=O) groups is 1. The quantitative estimate of drug-likeness (QED) is 0.738. The van der Waals surface area contributed by atoms with Crippen molar-refractivity contribution >= 4 is 51.2 Å². The highest BCUT2D eigenvalue weighted by molar-refractivity contribution is 6.50. The van der Waals surface area contributed by atoms with Crippen LogP contribution in [0.1, 0.15) is 21.7 Å². The zero-order valence-corrected chi connectivity index (χ0v) is 13.6. The summed E-state index contributed by atoms with van der Waals surface area (Å²) in [6, 6.07) is 11.1. The highest BCUT2D eigenvalue weighted by Gasteiger charge is 2.10. The van der Waals surface area contributed by atoms with Crippen LogP contribution in [0.5, 0.6) is 0 Å². The fourth-order valence-corrected chi connectivity index (χ4v) is 2.50. The summed E-state index contributed by atoms with van der Waals surface area (Å²) in [4.78, 5) is 30.0. The van der Waals surface area contributed by atoms with Crippen LogP contribution in [0.2, 0.25) is 5.02 Å². The SMILES string of the molecule is O=C(O)c1ccc2c(=O)[nH]c(/C(Cl)=C/c3ccc(Cl)cc3)nc2c1. The van der Waals surface area contributed by atoms with Crippen LogP contribution in [0.15, 0.2) is 47.3 Å². The van der Waals surface area contributed by atoms with Crippen LogP contribution >= 0.6 is 23.2 Å². The zero-order valence-electron chi connectivity index (χ0n) is 12.1. The van der Waals surface area contributed by atoms with E-state index in [0.29, 0.717) is 10.4 Å². The van der Waals surface area contributed by atoms with Crippen molar-refractivity contribution in [3.8, 4) is 0 Å². The Bertz CT molecular complexity index is 1020. The third-order valence-electron chi connectivity index (χ3n) is 3.34. The maximum absolute atomic E-state index is 12.1. The lowest BCUT2D eigenvalue weighted by Crippen LogP contribution is -2.11. The van der Waals surface area contributed by atoms with Gasteiger partial charge in [0.1, 0.15) is 0 Å². The molecule has 0 spiro atoms. The number of aromatic nitrogens is 2. The number of aromatic amines is 1. The van der Waals surface area contributed by atoms with Crippen LogP contribution in [0.3, 0.4) is 0 Å². The number of carboxylic acids is 1. The maximum atomic E-state index is 12.1. The summed E-state index contributed by atoms with van der Waals surface area (Å²) in [6.07, 6.45) is 1.63. The molecule has 0 saturated heterocycles. The number of hydrogen-bond acceptors (Lipinski definition) is 3. The average molecular weight is 361 g/mol. The van der Waals surface area contributed by atoms with Gasteiger partial charge >= 0.3 is 5.97 Å². The molecule has 0 unspecified atom stereocenters. The van der Waals surface area contributed by atoms with E-state index >= 15 is 0 Å². The van der Waals surface area contributed by atoms with E-state index in [0.717, 1.165) is 5.56 Å². The molecule has 3 aromatic rings. The van der Waals surface area contributed by atoms with Crippen LogP contribution in [0.4, 0.5) is 0 Å². The van der Waals surface area contributed by atoms with Gasteiger partial charge in [-0.25, -0.2) is 9.78 Å². The minimum atomic E-state index is -1.09. The minimum Gasteiger partial charge on any atom is -0.478 e. The molecule has 120 valence electrons. The van der Waals surface area contributed by atoms with Gasteiger partial charge < -0.3 is 10.1 Å². The molecule has 3 rings (SSSR count). The molecule has 0 atom stereocenters. The van der Waals surface area contributed by atoms with Crippen molar-refractivity contribution in [1.29, 1.82) is 0 Å². The molecule has 1 aromatic heterocycles. The Morgan fingerprint density at radius 2 is 1.88 bits per heavy atom. The predicted octanol–water partition coefficient (Wildman–Crippen LogP) is 4.01. The van der Waals surface area contributed by atoms with E-state index in [-0.39, 0.29) is 21.9 Å². The summed E-state index contributed by atoms with van der Waals surface area (Å²) in [6.45, 7) is 0. The highest BCUT2D eigenvalue weighted by atomic mass is 35.5. The molecule has 0 saturated carbocycles. The summed E-state index contributed by atoms with van der Waals surface area (Å²) >= 11 is 12.1. The van der Waals surface area contributed by atoms with E-state index < -0.39 is 11.5 Å². The molecule has 0 amide bonds. The summed E-state index contributed by atoms with van der Waals surface area (Å²) in [7, 11) is 0. The van der Waals surface area contributed by atoms with Gasteiger partial charge in [0, 0.05) is 5.02 Å². The number of nitrogens with zero attached hydrogens (tertiary/aromatic N) is 1. The van der Waals surface area contributed by atoms with Gasteiger partial charge in [0.05, 0.1) is 21.5 Å². The Kier molecular flexibility index (Phi) is 4.38. The Balaban J connectivity index is 2.10. The molecule has 0 aliphatic heterocycles. The van der Waals surface area contributed by atoms with Crippen LogP contribution in [0, 0.1) is 0 Å². The highest BCUT2D eigenvalue weighted by Crippen LogP contribution is 2.21. The fraction of sp³-hybridized carbons (Fsp3) is 0. The number of nitrogens with one attached hydrogen (secondary N) is 1. The van der Waals surface area contributed by atoms with E-state index in [4.69, 9.17) is 28.3 Å². The van der Waals surface area contributed by atoms with Gasteiger partial charge in [-0.2, -0.15) is 0 Å². The number of hydrogen-bond donors (Lipinski definition) is 2. The second-order valence-electron chi connectivity index (χ2n) is 5.00. The third-order valence-corrected chi connectivity index (χ3v) is 3.88. The van der Waals surface area contributed by atoms with Crippen molar-refractivity contribution in [2.75, 3.05) is 0 Å². The van der Waals surface area contributed by atoms with Gasteiger partial charge in [-0.3, -0.25) is 4.79 Å². The number of fused-ring (bicyclic) bond motifs is 1. The molecular formula is C17H10Cl2N2O3. The Hall–Kier alpha value is -2.63. The van der Waals surface area contributed by atoms with Gasteiger partial charge in [-0.05, 0) is 42.0 Å². The third kappa shape index (κ3) is 3.32. The Morgan fingerprint density at radius 3 is 2.54 bits per heavy atom. The molecular weight excluding hydrogens is 351 g/mol. The van der Waals surface area contributed by atoms with E-state index in [1.807, 2.05) is 0 Å². The number of halogens is 2. The van der Waals surface area contributed by atoms with Gasteiger partial charge in [0.2, 0.25) is 0 Å². The van der Waals surface area contributed by atoms with Gasteiger partial charge in [0.15, 0.2) is 5.82 Å². The summed E-state index contributed by atoms with van der Waals surface area (Å²) in [5, 5.41) is 10.2. The summed E-state index contributed by atoms with van der Waals surface area (Å²) < 4.78 is 0. The van der Waals surface area contributed by atoms with Crippen molar-refractivity contribution in [1.82, 2.24) is 9.97 Å². The first-order chi connectivity index (χ1) is 11.4. The Labute approximate surface area is 146 Å². The lowest BCUT2D eigenvalue weighted by Gasteiger charge is -2.03. The maximum Gasteiger partial charge on any atom is 0.335 e. The lowest BCUT2D eigenvalue weighted by molar-refractivity contribution is 0.0697. The monoisotopic (exact) mass is 360 g/mol. The first kappa shape index (κ1) is 16.2. The molecule has 5 nitrogen and oxygen atoms in total. The molecule has 0 bridgehead atoms. The minimum absolute atomic E-state index is 0.0457. The zero-order chi connectivity index (χ0) is 17.3. The number of rotatable bonds is 3. The van der Waals surface area contributed by atoms with E-state index in [1.54, 1.807) is 30.3 Å². The van der Waals surface area contributed by atoms with Crippen LogP contribution in [-0.2, 0) is 0 Å². The molecule has 7 heteroatoms.